The normalized spacial score (nSPS) is 16.1. The fourth-order valence-corrected chi connectivity index (χ4v) is 3.20. The summed E-state index contributed by atoms with van der Waals surface area (Å²) in [7, 11) is 0. The van der Waals surface area contributed by atoms with E-state index in [2.05, 4.69) is 10.6 Å². The second-order valence-corrected chi connectivity index (χ2v) is 6.71. The fraction of sp³-hybridized carbons (Fsp3) is 0.500. The van der Waals surface area contributed by atoms with Gasteiger partial charge in [0.25, 0.3) is 0 Å². The molecule has 2 amide bonds. The number of nitro groups is 1. The van der Waals surface area contributed by atoms with Crippen molar-refractivity contribution >= 4 is 17.7 Å². The van der Waals surface area contributed by atoms with Crippen LogP contribution in [0.15, 0.2) is 23.4 Å². The first-order valence-corrected chi connectivity index (χ1v) is 9.81. The Morgan fingerprint density at radius 3 is 2.30 bits per heavy atom. The van der Waals surface area contributed by atoms with Crippen LogP contribution < -0.4 is 20.1 Å². The minimum atomic E-state index is -0.994. The van der Waals surface area contributed by atoms with E-state index in [1.165, 1.54) is 12.1 Å². The highest BCUT2D eigenvalue weighted by atomic mass is 16.6. The first-order valence-electron chi connectivity index (χ1n) is 9.81. The maximum Gasteiger partial charge on any atom is 0.338 e. The van der Waals surface area contributed by atoms with Crippen LogP contribution >= 0.6 is 0 Å². The van der Waals surface area contributed by atoms with Gasteiger partial charge in [-0.2, -0.15) is 0 Å². The van der Waals surface area contributed by atoms with Crippen LogP contribution in [-0.4, -0.2) is 36.7 Å². The topological polar surface area (TPSA) is 129 Å². The van der Waals surface area contributed by atoms with E-state index in [0.717, 1.165) is 0 Å². The molecule has 0 fully saturated rings. The summed E-state index contributed by atoms with van der Waals surface area (Å²) in [6, 6.07) is 1.15. The van der Waals surface area contributed by atoms with Crippen molar-refractivity contribution in [3.63, 3.8) is 0 Å². The molecule has 1 aromatic rings. The molecule has 0 aromatic heterocycles. The summed E-state index contributed by atoms with van der Waals surface area (Å²) in [4.78, 5) is 36.2. The third-order valence-corrected chi connectivity index (χ3v) is 4.37. The predicted molar refractivity (Wildman–Crippen MR) is 108 cm³/mol. The molecule has 0 aliphatic carbocycles. The number of urea groups is 1. The highest BCUT2D eigenvalue weighted by molar-refractivity contribution is 5.95. The zero-order valence-electron chi connectivity index (χ0n) is 17.7. The number of hydrogen-bond acceptors (Lipinski definition) is 7. The van der Waals surface area contributed by atoms with Crippen LogP contribution in [0.3, 0.4) is 0 Å². The second kappa shape index (κ2) is 9.95. The molecule has 1 unspecified atom stereocenters. The molecule has 1 aliphatic rings. The van der Waals surface area contributed by atoms with Gasteiger partial charge in [-0.25, -0.2) is 9.59 Å². The first kappa shape index (κ1) is 23.0. The number of allylic oxidation sites excluding steroid dienone is 1. The highest BCUT2D eigenvalue weighted by Crippen LogP contribution is 2.41. The van der Waals surface area contributed by atoms with Gasteiger partial charge < -0.3 is 24.8 Å². The average Bonchev–Trinajstić information content (AvgIpc) is 2.67. The highest BCUT2D eigenvalue weighted by Gasteiger charge is 2.37. The molecule has 2 rings (SSSR count). The van der Waals surface area contributed by atoms with Crippen LogP contribution in [0, 0.1) is 16.0 Å². The zero-order valence-corrected chi connectivity index (χ0v) is 17.7. The third kappa shape index (κ3) is 4.81. The van der Waals surface area contributed by atoms with Gasteiger partial charge in [-0.1, -0.05) is 13.8 Å². The molecule has 0 saturated carbocycles. The maximum atomic E-state index is 12.8. The number of nitrogens with one attached hydrogen (secondary N) is 2. The van der Waals surface area contributed by atoms with Gasteiger partial charge in [0.15, 0.2) is 0 Å². The molecule has 1 aliphatic heterocycles. The predicted octanol–water partition coefficient (Wildman–Crippen LogP) is 3.22. The van der Waals surface area contributed by atoms with Crippen molar-refractivity contribution in [2.75, 3.05) is 19.8 Å². The van der Waals surface area contributed by atoms with E-state index < -0.39 is 23.0 Å². The molecule has 10 nitrogen and oxygen atoms in total. The molecular weight excluding hydrogens is 394 g/mol. The van der Waals surface area contributed by atoms with Crippen molar-refractivity contribution in [3.05, 3.63) is 39.1 Å². The average molecular weight is 421 g/mol. The largest absolute Gasteiger partial charge is 0.493 e. The number of carbonyl (C=O) groups excluding carboxylic acids is 2. The third-order valence-electron chi connectivity index (χ3n) is 4.37. The monoisotopic (exact) mass is 421 g/mol. The Kier molecular flexibility index (Phi) is 7.62. The van der Waals surface area contributed by atoms with Crippen LogP contribution in [0.5, 0.6) is 11.5 Å². The molecule has 0 saturated heterocycles. The lowest BCUT2D eigenvalue weighted by molar-refractivity contribution is -0.385. The molecule has 10 heteroatoms. The number of nitro benzene ring substituents is 1. The van der Waals surface area contributed by atoms with Gasteiger partial charge in [-0.3, -0.25) is 10.1 Å². The molecule has 0 radical (unpaired) electrons. The SMILES string of the molecule is CCOC(=O)C1=C(C(C)C)NC(=O)NC1c1cc([N+](=O)[O-])c(OCC)cc1OCC. The van der Waals surface area contributed by atoms with Crippen LogP contribution in [-0.2, 0) is 9.53 Å². The second-order valence-electron chi connectivity index (χ2n) is 6.71. The summed E-state index contributed by atoms with van der Waals surface area (Å²) in [6.45, 7) is 9.41. The molecule has 164 valence electrons. The van der Waals surface area contributed by atoms with E-state index >= 15 is 0 Å². The lowest BCUT2D eigenvalue weighted by Gasteiger charge is -2.31. The molecule has 1 heterocycles. The number of esters is 1. The Labute approximate surface area is 174 Å². The Bertz CT molecular complexity index is 864. The first-order chi connectivity index (χ1) is 14.2. The Morgan fingerprint density at radius 1 is 1.13 bits per heavy atom. The smallest absolute Gasteiger partial charge is 0.338 e. The van der Waals surface area contributed by atoms with Gasteiger partial charge >= 0.3 is 17.7 Å². The molecule has 0 spiro atoms. The van der Waals surface area contributed by atoms with E-state index in [1.807, 2.05) is 13.8 Å². The van der Waals surface area contributed by atoms with E-state index in [4.69, 9.17) is 14.2 Å². The molecule has 1 atom stereocenters. The van der Waals surface area contributed by atoms with E-state index in [9.17, 15) is 19.7 Å². The minimum Gasteiger partial charge on any atom is -0.493 e. The molecule has 0 bridgehead atoms. The fourth-order valence-electron chi connectivity index (χ4n) is 3.20. The van der Waals surface area contributed by atoms with Gasteiger partial charge in [-0.15, -0.1) is 0 Å². The lowest BCUT2D eigenvalue weighted by Crippen LogP contribution is -2.47. The van der Waals surface area contributed by atoms with Gasteiger partial charge in [-0.05, 0) is 26.7 Å². The van der Waals surface area contributed by atoms with Crippen LogP contribution in [0.1, 0.15) is 46.2 Å². The number of rotatable bonds is 9. The number of benzene rings is 1. The van der Waals surface area contributed by atoms with E-state index in [1.54, 1.807) is 20.8 Å². The number of nitrogens with zero attached hydrogens (tertiary/aromatic N) is 1. The van der Waals surface area contributed by atoms with Crippen molar-refractivity contribution < 1.29 is 28.7 Å². The number of amides is 2. The Hall–Kier alpha value is -3.30. The van der Waals surface area contributed by atoms with Crippen LogP contribution in [0.25, 0.3) is 0 Å². The van der Waals surface area contributed by atoms with Gasteiger partial charge in [0.05, 0.1) is 36.4 Å². The summed E-state index contributed by atoms with van der Waals surface area (Å²) in [6.07, 6.45) is 0. The number of ether oxygens (including phenoxy) is 3. The molecule has 30 heavy (non-hydrogen) atoms. The quantitative estimate of drug-likeness (QED) is 0.356. The standard InChI is InChI=1S/C20H27N3O7/c1-6-28-14-10-15(29-7-2)13(23(26)27)9-12(14)18-16(19(24)30-8-3)17(11(4)5)21-20(25)22-18/h9-11,18H,6-8H2,1-5H3,(H2,21,22,25). The van der Waals surface area contributed by atoms with Crippen molar-refractivity contribution in [3.8, 4) is 11.5 Å². The zero-order chi connectivity index (χ0) is 22.4. The Morgan fingerprint density at radius 2 is 1.77 bits per heavy atom. The van der Waals surface area contributed by atoms with Crippen LogP contribution in [0.2, 0.25) is 0 Å². The van der Waals surface area contributed by atoms with Crippen molar-refractivity contribution in [1.29, 1.82) is 0 Å². The summed E-state index contributed by atoms with van der Waals surface area (Å²) >= 11 is 0. The summed E-state index contributed by atoms with van der Waals surface area (Å²) < 4.78 is 16.3. The minimum absolute atomic E-state index is 0.0423. The Balaban J connectivity index is 2.77. The maximum absolute atomic E-state index is 12.8. The van der Waals surface area contributed by atoms with Crippen molar-refractivity contribution in [2.45, 2.75) is 40.7 Å². The summed E-state index contributed by atoms with van der Waals surface area (Å²) in [5, 5.41) is 17.0. The number of hydrogen-bond donors (Lipinski definition) is 2. The van der Waals surface area contributed by atoms with Crippen molar-refractivity contribution in [2.24, 2.45) is 5.92 Å². The van der Waals surface area contributed by atoms with E-state index in [-0.39, 0.29) is 54.1 Å². The van der Waals surface area contributed by atoms with Gasteiger partial charge in [0.2, 0.25) is 5.75 Å². The van der Waals surface area contributed by atoms with Gasteiger partial charge in [0.1, 0.15) is 5.75 Å². The molecular formula is C20H27N3O7. The van der Waals surface area contributed by atoms with Crippen LogP contribution in [0.4, 0.5) is 10.5 Å². The van der Waals surface area contributed by atoms with Crippen molar-refractivity contribution in [1.82, 2.24) is 10.6 Å². The summed E-state index contributed by atoms with van der Waals surface area (Å²) in [5.74, 6) is -0.520. The lowest BCUT2D eigenvalue weighted by atomic mass is 9.90. The summed E-state index contributed by atoms with van der Waals surface area (Å²) in [5.41, 5.74) is 0.535. The molecule has 1 aromatic carbocycles. The van der Waals surface area contributed by atoms with E-state index in [0.29, 0.717) is 5.70 Å². The number of carbonyl (C=O) groups is 2. The van der Waals surface area contributed by atoms with Gasteiger partial charge in [0, 0.05) is 23.4 Å². The molecule has 2 N–H and O–H groups in total.